The first-order valence-electron chi connectivity index (χ1n) is 24.9. The Morgan fingerprint density at radius 1 is 0.973 bits per heavy atom. The summed E-state index contributed by atoms with van der Waals surface area (Å²) in [5.41, 5.74) is 3.60. The molecule has 0 radical (unpaired) electrons. The number of nitrogens with zero attached hydrogens (tertiary/aromatic N) is 6. The van der Waals surface area contributed by atoms with Crippen LogP contribution in [-0.4, -0.2) is 142 Å². The van der Waals surface area contributed by atoms with Gasteiger partial charge >= 0.3 is 0 Å². The van der Waals surface area contributed by atoms with Crippen molar-refractivity contribution in [2.24, 2.45) is 16.2 Å². The lowest BCUT2D eigenvalue weighted by molar-refractivity contribution is -0.164. The van der Waals surface area contributed by atoms with Gasteiger partial charge < -0.3 is 45.4 Å². The standard InChI is InChI=1S/C54H70ClN9O8S/c1-31-25-62(26-32(2)64(31)43-18-16-37(24-57-43)47(68)61-50-53(7,8)51(54(50,9)10)72-39-17-15-36(23-56)40(55)22-39)19-20-71-29-44(67)60-46(52(4,5)6)49(70)63-27-38(66)21-42(63)48(69)59-41(28-65)34-11-13-35(14-12-34)45-33(3)58-30-73-45/h11-18,22,24,30-32,38,41-42,46,50-51,65-66H,19-21,25-29H2,1-10H3,(H,59,69)(H,60,67)(H,61,68)/t31-,32+,38?,41?,42-,46+,50?,51?/m0/s1. The molecule has 4 aromatic rings. The van der Waals surface area contributed by atoms with Crippen molar-refractivity contribution in [2.75, 3.05) is 50.9 Å². The molecule has 0 bridgehead atoms. The van der Waals surface area contributed by atoms with Gasteiger partial charge in [-0.05, 0) is 61.6 Å². The average Bonchev–Trinajstić information content (AvgIpc) is 3.96. The molecule has 2 aliphatic heterocycles. The van der Waals surface area contributed by atoms with Gasteiger partial charge in [0.1, 0.15) is 42.4 Å². The number of aromatic nitrogens is 2. The Hall–Kier alpha value is -5.68. The lowest BCUT2D eigenvalue weighted by atomic mass is 9.49. The number of benzene rings is 2. The normalized spacial score (nSPS) is 23.4. The van der Waals surface area contributed by atoms with Crippen LogP contribution in [-0.2, 0) is 19.1 Å². The number of aliphatic hydroxyl groups is 2. The summed E-state index contributed by atoms with van der Waals surface area (Å²) in [5, 5.41) is 39.6. The van der Waals surface area contributed by atoms with E-state index in [0.717, 1.165) is 22.0 Å². The number of ether oxygens (including phenoxy) is 2. The molecule has 3 aliphatic rings. The molecule has 2 saturated heterocycles. The molecule has 19 heteroatoms. The fraction of sp³-hybridized carbons (Fsp3) is 0.537. The number of hydrogen-bond acceptors (Lipinski definition) is 14. The van der Waals surface area contributed by atoms with Gasteiger partial charge in [-0.15, -0.1) is 11.3 Å². The van der Waals surface area contributed by atoms with Crippen LogP contribution in [0.2, 0.25) is 5.02 Å². The number of carbonyl (C=O) groups excluding carboxylic acids is 4. The molecule has 1 aliphatic carbocycles. The Morgan fingerprint density at radius 2 is 1.66 bits per heavy atom. The second-order valence-electron chi connectivity index (χ2n) is 22.0. The highest BCUT2D eigenvalue weighted by molar-refractivity contribution is 7.13. The number of piperazine rings is 1. The van der Waals surface area contributed by atoms with Crippen LogP contribution >= 0.6 is 22.9 Å². The molecule has 4 heterocycles. The van der Waals surface area contributed by atoms with Gasteiger partial charge in [-0.1, -0.05) is 84.3 Å². The fourth-order valence-electron chi connectivity index (χ4n) is 11.2. The molecule has 2 aromatic heterocycles. The summed E-state index contributed by atoms with van der Waals surface area (Å²) < 4.78 is 12.2. The molecule has 3 fully saturated rings. The number of halogens is 1. The lowest BCUT2D eigenvalue weighted by Gasteiger charge is -2.63. The largest absolute Gasteiger partial charge is 0.489 e. The topological polar surface area (TPSA) is 223 Å². The third kappa shape index (κ3) is 12.1. The van der Waals surface area contributed by atoms with E-state index < -0.39 is 58.2 Å². The quantitative estimate of drug-likeness (QED) is 0.0778. The highest BCUT2D eigenvalue weighted by Gasteiger charge is 2.64. The van der Waals surface area contributed by atoms with Crippen molar-refractivity contribution in [3.63, 3.8) is 0 Å². The van der Waals surface area contributed by atoms with Gasteiger partial charge in [-0.3, -0.25) is 24.1 Å². The highest BCUT2D eigenvalue weighted by Crippen LogP contribution is 2.55. The van der Waals surface area contributed by atoms with Gasteiger partial charge in [0.05, 0.1) is 57.6 Å². The number of carbonyl (C=O) groups is 4. The van der Waals surface area contributed by atoms with Crippen molar-refractivity contribution in [3.05, 3.63) is 93.7 Å². The SMILES string of the molecule is Cc1ncsc1-c1ccc(C(CO)NC(=O)[C@@H]2CC(O)CN2C(=O)[C@@H](NC(=O)COCCN2C[C@@H](C)N(c3ccc(C(=O)NC4C(C)(C)C(Oc5ccc(C#N)c(Cl)c5)C4(C)C)cn3)[C@@H](C)C2)C(C)(C)C)cc1. The van der Waals surface area contributed by atoms with Crippen LogP contribution in [0.3, 0.4) is 0 Å². The number of hydrogen-bond donors (Lipinski definition) is 5. The van der Waals surface area contributed by atoms with Gasteiger partial charge in [0.2, 0.25) is 17.7 Å². The van der Waals surface area contributed by atoms with Crippen molar-refractivity contribution in [1.29, 1.82) is 5.26 Å². The van der Waals surface area contributed by atoms with Crippen molar-refractivity contribution < 1.29 is 38.9 Å². The molecule has 73 heavy (non-hydrogen) atoms. The number of rotatable bonds is 17. The Bertz CT molecular complexity index is 2640. The summed E-state index contributed by atoms with van der Waals surface area (Å²) in [6, 6.07) is 15.4. The van der Waals surface area contributed by atoms with Crippen molar-refractivity contribution in [1.82, 2.24) is 35.7 Å². The van der Waals surface area contributed by atoms with E-state index in [4.69, 9.17) is 26.1 Å². The van der Waals surface area contributed by atoms with Gasteiger partial charge in [-0.2, -0.15) is 5.26 Å². The second-order valence-corrected chi connectivity index (χ2v) is 23.3. The van der Waals surface area contributed by atoms with E-state index in [-0.39, 0.29) is 62.9 Å². The minimum absolute atomic E-state index is 0.0114. The van der Waals surface area contributed by atoms with Crippen LogP contribution in [0, 0.1) is 34.5 Å². The minimum atomic E-state index is -1.02. The molecular weight excluding hydrogens is 970 g/mol. The first kappa shape index (κ1) is 55.1. The number of pyridine rings is 1. The Labute approximate surface area is 437 Å². The zero-order valence-corrected chi connectivity index (χ0v) is 45.0. The smallest absolute Gasteiger partial charge is 0.253 e. The lowest BCUT2D eigenvalue weighted by Crippen LogP contribution is -2.74. The molecule has 2 unspecified atom stereocenters. The van der Waals surface area contributed by atoms with Gasteiger partial charge in [-0.25, -0.2) is 9.97 Å². The summed E-state index contributed by atoms with van der Waals surface area (Å²) in [4.78, 5) is 70.9. The molecule has 5 N–H and O–H groups in total. The monoisotopic (exact) mass is 1040 g/mol. The van der Waals surface area contributed by atoms with Crippen molar-refractivity contribution >= 4 is 52.4 Å². The van der Waals surface area contributed by atoms with Crippen LogP contribution in [0.4, 0.5) is 5.82 Å². The van der Waals surface area contributed by atoms with Crippen molar-refractivity contribution in [3.8, 4) is 22.3 Å². The molecule has 17 nitrogen and oxygen atoms in total. The number of nitriles is 1. The van der Waals surface area contributed by atoms with E-state index in [9.17, 15) is 34.7 Å². The maximum absolute atomic E-state index is 14.2. The highest BCUT2D eigenvalue weighted by atomic mass is 35.5. The predicted molar refractivity (Wildman–Crippen MR) is 280 cm³/mol. The number of β-amino-alcohol motifs (C(OH)–C–C–N with tert-alkyl or cyclic N) is 1. The van der Waals surface area contributed by atoms with E-state index >= 15 is 0 Å². The molecule has 1 saturated carbocycles. The maximum atomic E-state index is 14.2. The van der Waals surface area contributed by atoms with Crippen LogP contribution < -0.4 is 25.6 Å². The summed E-state index contributed by atoms with van der Waals surface area (Å²) in [5.74, 6) is -0.382. The van der Waals surface area contributed by atoms with Gasteiger partial charge in [0, 0.05) is 73.8 Å². The molecule has 392 valence electrons. The second kappa shape index (κ2) is 22.4. The Kier molecular flexibility index (Phi) is 16.9. The summed E-state index contributed by atoms with van der Waals surface area (Å²) in [6.07, 6.45) is 0.445. The van der Waals surface area contributed by atoms with Crippen LogP contribution in [0.25, 0.3) is 10.4 Å². The van der Waals surface area contributed by atoms with Crippen LogP contribution in [0.15, 0.2) is 66.3 Å². The van der Waals surface area contributed by atoms with Gasteiger partial charge in [0.15, 0.2) is 0 Å². The Morgan fingerprint density at radius 3 is 2.23 bits per heavy atom. The van der Waals surface area contributed by atoms with Crippen molar-refractivity contribution in [2.45, 2.75) is 124 Å². The van der Waals surface area contributed by atoms with Crippen LogP contribution in [0.5, 0.6) is 5.75 Å². The third-order valence-corrected chi connectivity index (χ3v) is 15.9. The average molecular weight is 1040 g/mol. The first-order chi connectivity index (χ1) is 34.4. The zero-order valence-electron chi connectivity index (χ0n) is 43.4. The first-order valence-corrected chi connectivity index (χ1v) is 26.1. The molecule has 0 spiro atoms. The number of thiazole rings is 1. The number of aryl methyl sites for hydroxylation is 1. The minimum Gasteiger partial charge on any atom is -0.489 e. The summed E-state index contributed by atoms with van der Waals surface area (Å²) in [6.45, 7) is 21.4. The van der Waals surface area contributed by atoms with E-state index in [2.05, 4.69) is 78.3 Å². The molecular formula is C54H70ClN9O8S. The molecule has 2 aromatic carbocycles. The molecule has 6 atom stereocenters. The number of anilines is 1. The number of likely N-dealkylation sites (tertiary alicyclic amines) is 1. The van der Waals surface area contributed by atoms with E-state index in [1.54, 1.807) is 36.0 Å². The predicted octanol–water partition coefficient (Wildman–Crippen LogP) is 5.91. The number of aliphatic hydroxyl groups excluding tert-OH is 2. The molecule has 4 amide bonds. The van der Waals surface area contributed by atoms with Crippen LogP contribution in [0.1, 0.15) is 102 Å². The van der Waals surface area contributed by atoms with E-state index in [1.807, 2.05) is 58.0 Å². The number of nitrogens with one attached hydrogen (secondary N) is 3. The van der Waals surface area contributed by atoms with E-state index in [1.165, 1.54) is 16.2 Å². The summed E-state index contributed by atoms with van der Waals surface area (Å²) >= 11 is 7.80. The van der Waals surface area contributed by atoms with Gasteiger partial charge in [0.25, 0.3) is 5.91 Å². The molecule has 7 rings (SSSR count). The maximum Gasteiger partial charge on any atom is 0.253 e. The zero-order chi connectivity index (χ0) is 53.2. The fourth-order valence-corrected chi connectivity index (χ4v) is 12.2. The van der Waals surface area contributed by atoms with E-state index in [0.29, 0.717) is 47.1 Å². The summed E-state index contributed by atoms with van der Waals surface area (Å²) in [7, 11) is 0. The third-order valence-electron chi connectivity index (χ3n) is 14.6. The number of amides is 4. The Balaban J connectivity index is 0.866.